The zero-order chi connectivity index (χ0) is 13.2. The van der Waals surface area contributed by atoms with E-state index in [2.05, 4.69) is 15.3 Å². The number of carbonyl (C=O) groups is 1. The van der Waals surface area contributed by atoms with Crippen LogP contribution in [0.2, 0.25) is 0 Å². The van der Waals surface area contributed by atoms with Crippen LogP contribution in [0.15, 0.2) is 42.7 Å². The molecule has 0 aliphatic carbocycles. The van der Waals surface area contributed by atoms with Crippen molar-refractivity contribution in [2.75, 3.05) is 5.32 Å². The number of carboxylic acid groups (broad SMARTS) is 1. The molecule has 19 heavy (non-hydrogen) atoms. The molecule has 0 amide bonds. The normalized spacial score (nSPS) is 10.5. The summed E-state index contributed by atoms with van der Waals surface area (Å²) < 4.78 is 0. The number of para-hydroxylation sites is 1. The molecule has 6 heteroatoms. The van der Waals surface area contributed by atoms with Gasteiger partial charge in [-0.3, -0.25) is 4.98 Å². The Morgan fingerprint density at radius 2 is 2.05 bits per heavy atom. The Kier molecular flexibility index (Phi) is 2.85. The van der Waals surface area contributed by atoms with E-state index in [1.165, 1.54) is 6.20 Å². The summed E-state index contributed by atoms with van der Waals surface area (Å²) >= 11 is 1.09. The van der Waals surface area contributed by atoms with Gasteiger partial charge in [0.1, 0.15) is 4.88 Å². The topological polar surface area (TPSA) is 75.1 Å². The third kappa shape index (κ3) is 2.38. The Morgan fingerprint density at radius 1 is 1.21 bits per heavy atom. The van der Waals surface area contributed by atoms with Crippen molar-refractivity contribution in [2.24, 2.45) is 0 Å². The third-order valence-electron chi connectivity index (χ3n) is 2.56. The molecule has 2 N–H and O–H groups in total. The lowest BCUT2D eigenvalue weighted by molar-refractivity contribution is 0.0702. The number of thiazole rings is 1. The Labute approximate surface area is 112 Å². The monoisotopic (exact) mass is 271 g/mol. The van der Waals surface area contributed by atoms with E-state index in [1.54, 1.807) is 6.20 Å². The highest BCUT2D eigenvalue weighted by Crippen LogP contribution is 2.24. The van der Waals surface area contributed by atoms with Gasteiger partial charge in [0.2, 0.25) is 0 Å². The fourth-order valence-corrected chi connectivity index (χ4v) is 2.37. The quantitative estimate of drug-likeness (QED) is 0.765. The zero-order valence-corrected chi connectivity index (χ0v) is 10.5. The van der Waals surface area contributed by atoms with E-state index in [0.29, 0.717) is 5.13 Å². The second-order valence-corrected chi connectivity index (χ2v) is 4.91. The average Bonchev–Trinajstić information content (AvgIpc) is 2.87. The van der Waals surface area contributed by atoms with Crippen molar-refractivity contribution in [1.82, 2.24) is 9.97 Å². The maximum Gasteiger partial charge on any atom is 0.347 e. The molecule has 94 valence electrons. The molecule has 0 aliphatic rings. The van der Waals surface area contributed by atoms with Gasteiger partial charge in [-0.15, -0.1) is 0 Å². The zero-order valence-electron chi connectivity index (χ0n) is 9.70. The molecule has 3 rings (SSSR count). The molecule has 3 aromatic rings. The number of nitrogens with zero attached hydrogens (tertiary/aromatic N) is 2. The minimum absolute atomic E-state index is 0.205. The number of aromatic nitrogens is 2. The molecule has 1 aromatic carbocycles. The fourth-order valence-electron chi connectivity index (χ4n) is 1.69. The molecule has 0 unspecified atom stereocenters. The van der Waals surface area contributed by atoms with E-state index in [-0.39, 0.29) is 4.88 Å². The van der Waals surface area contributed by atoms with Crippen molar-refractivity contribution < 1.29 is 9.90 Å². The summed E-state index contributed by atoms with van der Waals surface area (Å²) in [6.07, 6.45) is 3.04. The maximum atomic E-state index is 10.8. The van der Waals surface area contributed by atoms with E-state index in [0.717, 1.165) is 27.9 Å². The first-order valence-corrected chi connectivity index (χ1v) is 6.35. The smallest absolute Gasteiger partial charge is 0.347 e. The Morgan fingerprint density at radius 3 is 2.84 bits per heavy atom. The fraction of sp³-hybridized carbons (Fsp3) is 0. The van der Waals surface area contributed by atoms with Gasteiger partial charge >= 0.3 is 5.97 Å². The molecule has 0 saturated heterocycles. The minimum atomic E-state index is -0.970. The van der Waals surface area contributed by atoms with Crippen LogP contribution < -0.4 is 5.32 Å². The number of hydrogen-bond acceptors (Lipinski definition) is 5. The molecule has 0 spiro atoms. The van der Waals surface area contributed by atoms with Gasteiger partial charge in [0.15, 0.2) is 5.13 Å². The first-order chi connectivity index (χ1) is 9.22. The number of carboxylic acids is 1. The van der Waals surface area contributed by atoms with Gasteiger partial charge in [0, 0.05) is 5.39 Å². The van der Waals surface area contributed by atoms with Crippen molar-refractivity contribution >= 4 is 39.0 Å². The van der Waals surface area contributed by atoms with Crippen molar-refractivity contribution in [3.8, 4) is 0 Å². The average molecular weight is 271 g/mol. The van der Waals surface area contributed by atoms with Gasteiger partial charge in [-0.2, -0.15) is 0 Å². The van der Waals surface area contributed by atoms with Gasteiger partial charge in [0.25, 0.3) is 0 Å². The van der Waals surface area contributed by atoms with Crippen molar-refractivity contribution in [1.29, 1.82) is 0 Å². The van der Waals surface area contributed by atoms with Gasteiger partial charge in [-0.1, -0.05) is 29.5 Å². The van der Waals surface area contributed by atoms with Crippen molar-refractivity contribution in [2.45, 2.75) is 0 Å². The highest BCUT2D eigenvalue weighted by Gasteiger charge is 2.08. The number of rotatable bonds is 3. The van der Waals surface area contributed by atoms with Crippen LogP contribution in [0.1, 0.15) is 9.67 Å². The maximum absolute atomic E-state index is 10.8. The van der Waals surface area contributed by atoms with E-state index in [4.69, 9.17) is 5.11 Å². The highest BCUT2D eigenvalue weighted by atomic mass is 32.1. The molecule has 0 radical (unpaired) electrons. The summed E-state index contributed by atoms with van der Waals surface area (Å²) in [5.74, 6) is -0.970. The number of anilines is 2. The molecule has 0 atom stereocenters. The summed E-state index contributed by atoms with van der Waals surface area (Å²) in [7, 11) is 0. The Balaban J connectivity index is 1.89. The number of aromatic carboxylic acids is 1. The number of hydrogen-bond donors (Lipinski definition) is 2. The van der Waals surface area contributed by atoms with Crippen LogP contribution in [0.5, 0.6) is 0 Å². The van der Waals surface area contributed by atoms with E-state index < -0.39 is 5.97 Å². The van der Waals surface area contributed by atoms with E-state index in [9.17, 15) is 4.79 Å². The van der Waals surface area contributed by atoms with Crippen LogP contribution in [0, 0.1) is 0 Å². The second kappa shape index (κ2) is 4.66. The molecule has 0 saturated carbocycles. The first-order valence-electron chi connectivity index (χ1n) is 5.53. The number of pyridine rings is 1. The lowest BCUT2D eigenvalue weighted by Gasteiger charge is -2.03. The van der Waals surface area contributed by atoms with Crippen molar-refractivity contribution in [3.05, 3.63) is 47.6 Å². The SMILES string of the molecule is O=C(O)c1cnc(Nc2cnc3ccccc3c2)s1. The Bertz CT molecular complexity index is 754. The van der Waals surface area contributed by atoms with Crippen molar-refractivity contribution in [3.63, 3.8) is 0 Å². The predicted octanol–water partition coefficient (Wildman–Crippen LogP) is 3.13. The van der Waals surface area contributed by atoms with Gasteiger partial charge in [-0.05, 0) is 12.1 Å². The molecule has 2 heterocycles. The molecular weight excluding hydrogens is 262 g/mol. The molecular formula is C13H9N3O2S. The highest BCUT2D eigenvalue weighted by molar-refractivity contribution is 7.17. The molecule has 5 nitrogen and oxygen atoms in total. The van der Waals surface area contributed by atoms with Crippen LogP contribution in [-0.4, -0.2) is 21.0 Å². The number of nitrogens with one attached hydrogen (secondary N) is 1. The third-order valence-corrected chi connectivity index (χ3v) is 3.46. The van der Waals surface area contributed by atoms with Gasteiger partial charge < -0.3 is 10.4 Å². The van der Waals surface area contributed by atoms with Crippen LogP contribution >= 0.6 is 11.3 Å². The first kappa shape index (κ1) is 11.6. The molecule has 0 bridgehead atoms. The van der Waals surface area contributed by atoms with Crippen LogP contribution in [0.25, 0.3) is 10.9 Å². The van der Waals surface area contributed by atoms with Gasteiger partial charge in [-0.25, -0.2) is 9.78 Å². The molecule has 0 aliphatic heterocycles. The Hall–Kier alpha value is -2.47. The molecule has 2 aromatic heterocycles. The number of fused-ring (bicyclic) bond motifs is 1. The molecule has 0 fully saturated rings. The number of benzene rings is 1. The lowest BCUT2D eigenvalue weighted by Crippen LogP contribution is -1.90. The van der Waals surface area contributed by atoms with Crippen LogP contribution in [-0.2, 0) is 0 Å². The predicted molar refractivity (Wildman–Crippen MR) is 74.1 cm³/mol. The standard InChI is InChI=1S/C13H9N3O2S/c17-12(18)11-7-15-13(19-11)16-9-5-8-3-1-2-4-10(8)14-6-9/h1-7H,(H,15,16)(H,17,18). The summed E-state index contributed by atoms with van der Waals surface area (Å²) in [6.45, 7) is 0. The summed E-state index contributed by atoms with van der Waals surface area (Å²) in [5, 5.41) is 13.4. The summed E-state index contributed by atoms with van der Waals surface area (Å²) in [4.78, 5) is 19.3. The largest absolute Gasteiger partial charge is 0.477 e. The minimum Gasteiger partial charge on any atom is -0.477 e. The van der Waals surface area contributed by atoms with Gasteiger partial charge in [0.05, 0.1) is 23.6 Å². The van der Waals surface area contributed by atoms with Crippen LogP contribution in [0.4, 0.5) is 10.8 Å². The van der Waals surface area contributed by atoms with E-state index >= 15 is 0 Å². The summed E-state index contributed by atoms with van der Waals surface area (Å²) in [5.41, 5.74) is 1.70. The summed E-state index contributed by atoms with van der Waals surface area (Å²) in [6, 6.07) is 9.73. The van der Waals surface area contributed by atoms with Crippen LogP contribution in [0.3, 0.4) is 0 Å². The van der Waals surface area contributed by atoms with E-state index in [1.807, 2.05) is 30.3 Å². The second-order valence-electron chi connectivity index (χ2n) is 3.88. The lowest BCUT2D eigenvalue weighted by atomic mass is 10.2.